The third-order valence-electron chi connectivity index (χ3n) is 7.65. The number of hydrogen-bond acceptors (Lipinski definition) is 9. The number of nitrogens with zero attached hydrogens (tertiary/aromatic N) is 1. The molecule has 10 nitrogen and oxygen atoms in total. The quantitative estimate of drug-likeness (QED) is 0.309. The molecule has 0 radical (unpaired) electrons. The predicted molar refractivity (Wildman–Crippen MR) is 131 cm³/mol. The Morgan fingerprint density at radius 3 is 2.29 bits per heavy atom. The summed E-state index contributed by atoms with van der Waals surface area (Å²) in [6.45, 7) is 5.10. The van der Waals surface area contributed by atoms with E-state index in [-0.39, 0.29) is 24.9 Å². The van der Waals surface area contributed by atoms with E-state index >= 15 is 8.78 Å². The number of fused-ring (bicyclic) bond motifs is 3. The zero-order chi connectivity index (χ0) is 28.6. The molecule has 38 heavy (non-hydrogen) atoms. The number of halogens is 2. The van der Waals surface area contributed by atoms with Gasteiger partial charge in [0.25, 0.3) is 5.91 Å². The lowest BCUT2D eigenvalue weighted by Gasteiger charge is -2.50. The van der Waals surface area contributed by atoms with Gasteiger partial charge in [0.1, 0.15) is 22.9 Å². The van der Waals surface area contributed by atoms with Crippen molar-refractivity contribution in [1.29, 1.82) is 0 Å². The minimum Gasteiger partial charge on any atom is -0.508 e. The van der Waals surface area contributed by atoms with Gasteiger partial charge in [-0.15, -0.1) is 0 Å². The highest BCUT2D eigenvalue weighted by Crippen LogP contribution is 2.53. The third kappa shape index (κ3) is 3.81. The van der Waals surface area contributed by atoms with Crippen LogP contribution < -0.4 is 11.1 Å². The van der Waals surface area contributed by atoms with Gasteiger partial charge in [-0.25, -0.2) is 8.78 Å². The fraction of sp³-hybridized carbons (Fsp3) is 0.500. The van der Waals surface area contributed by atoms with Crippen LogP contribution in [0.5, 0.6) is 5.75 Å². The molecule has 1 aromatic carbocycles. The summed E-state index contributed by atoms with van der Waals surface area (Å²) in [6.07, 6.45) is -0.463. The Morgan fingerprint density at radius 1 is 1.16 bits per heavy atom. The second-order valence-corrected chi connectivity index (χ2v) is 11.4. The second kappa shape index (κ2) is 8.85. The van der Waals surface area contributed by atoms with Crippen molar-refractivity contribution in [3.05, 3.63) is 45.2 Å². The molecule has 4 atom stereocenters. The van der Waals surface area contributed by atoms with E-state index in [0.29, 0.717) is 0 Å². The van der Waals surface area contributed by atoms with Gasteiger partial charge in [0.2, 0.25) is 5.78 Å². The van der Waals surface area contributed by atoms with Crippen LogP contribution in [0.3, 0.4) is 0 Å². The molecule has 12 heteroatoms. The average Bonchev–Trinajstić information content (AvgIpc) is 2.78. The zero-order valence-corrected chi connectivity index (χ0v) is 21.6. The summed E-state index contributed by atoms with van der Waals surface area (Å²) >= 11 is 0. The first-order chi connectivity index (χ1) is 17.4. The molecule has 1 fully saturated rings. The summed E-state index contributed by atoms with van der Waals surface area (Å²) in [7, 11) is 2.95. The Morgan fingerprint density at radius 2 is 1.76 bits per heavy atom. The fourth-order valence-electron chi connectivity index (χ4n) is 5.87. The summed E-state index contributed by atoms with van der Waals surface area (Å²) in [5.74, 6) is -11.3. The molecule has 3 aliphatic carbocycles. The molecule has 0 unspecified atom stereocenters. The largest absolute Gasteiger partial charge is 0.508 e. The lowest BCUT2D eigenvalue weighted by Crippen LogP contribution is -2.65. The van der Waals surface area contributed by atoms with E-state index in [4.69, 9.17) is 5.73 Å². The van der Waals surface area contributed by atoms with Crippen LogP contribution in [0.25, 0.3) is 5.76 Å². The maximum atomic E-state index is 15.7. The van der Waals surface area contributed by atoms with Gasteiger partial charge in [-0.2, -0.15) is 0 Å². The highest BCUT2D eigenvalue weighted by Gasteiger charge is 2.64. The minimum atomic E-state index is -2.83. The standard InChI is InChI=1S/C26H31F2N3O7/c1-25(2,3)30-8-11-16(27)10-6-9-7-12-18(31(4)5)21(34)15(24(29)37)23(36)26(12,38)22(35)13(9)19(32)14(10)20(33)17(11)28/h9,12,18,30,32-33,36,38H,6-8H2,1-5H3,(H2,29,37)/t9-,12-,18-,26-/m0/s1. The molecule has 4 rings (SSSR count). The van der Waals surface area contributed by atoms with Crippen LogP contribution in [0, 0.1) is 23.5 Å². The Kier molecular flexibility index (Phi) is 6.45. The Balaban J connectivity index is 1.93. The number of hydrogen-bond donors (Lipinski definition) is 6. The molecule has 7 N–H and O–H groups in total. The SMILES string of the molecule is CN(C)[C@@H]1C(=O)C(C(N)=O)=C(O)[C@@]2(O)C(=O)C3=C(O)c4c(O)c(F)c(CNC(C)(C)C)c(F)c4C[C@H]3C[C@@H]12. The number of amides is 1. The number of benzene rings is 1. The molecule has 0 spiro atoms. The number of carbonyl (C=O) groups is 3. The first-order valence-electron chi connectivity index (χ1n) is 12.1. The Hall–Kier alpha value is -3.35. The highest BCUT2D eigenvalue weighted by molar-refractivity contribution is 6.24. The topological polar surface area (TPSA) is 173 Å². The van der Waals surface area contributed by atoms with E-state index in [1.807, 2.05) is 0 Å². The normalized spacial score (nSPS) is 27.4. The van der Waals surface area contributed by atoms with Crippen molar-refractivity contribution in [2.24, 2.45) is 17.6 Å². The van der Waals surface area contributed by atoms with Crippen molar-refractivity contribution in [3.8, 4) is 5.75 Å². The highest BCUT2D eigenvalue weighted by atomic mass is 19.1. The number of nitrogens with one attached hydrogen (secondary N) is 1. The number of likely N-dealkylation sites (N-methyl/N-ethyl adjacent to an activating group) is 1. The summed E-state index contributed by atoms with van der Waals surface area (Å²) in [5.41, 5.74) is -0.776. The van der Waals surface area contributed by atoms with Crippen molar-refractivity contribution in [3.63, 3.8) is 0 Å². The van der Waals surface area contributed by atoms with Crippen LogP contribution in [0.15, 0.2) is 16.9 Å². The Bertz CT molecular complexity index is 1350. The van der Waals surface area contributed by atoms with Crippen LogP contribution in [0.4, 0.5) is 8.78 Å². The number of ketones is 2. The maximum absolute atomic E-state index is 15.7. The van der Waals surface area contributed by atoms with E-state index in [2.05, 4.69) is 5.32 Å². The number of nitrogens with two attached hydrogens (primary N) is 1. The molecular formula is C26H31F2N3O7. The second-order valence-electron chi connectivity index (χ2n) is 11.4. The van der Waals surface area contributed by atoms with Crippen molar-refractivity contribution >= 4 is 23.2 Å². The molecule has 1 aromatic rings. The van der Waals surface area contributed by atoms with Gasteiger partial charge in [0.05, 0.1) is 11.6 Å². The molecule has 0 saturated heterocycles. The number of aromatic hydroxyl groups is 1. The van der Waals surface area contributed by atoms with E-state index in [1.54, 1.807) is 20.8 Å². The zero-order valence-electron chi connectivity index (χ0n) is 21.6. The smallest absolute Gasteiger partial charge is 0.255 e. The Labute approximate surface area is 217 Å². The van der Waals surface area contributed by atoms with E-state index in [1.165, 1.54) is 19.0 Å². The summed E-state index contributed by atoms with van der Waals surface area (Å²) in [6, 6.07) is -1.26. The van der Waals surface area contributed by atoms with E-state index in [0.717, 1.165) is 0 Å². The van der Waals surface area contributed by atoms with Crippen LogP contribution in [-0.2, 0) is 27.3 Å². The monoisotopic (exact) mass is 535 g/mol. The van der Waals surface area contributed by atoms with Gasteiger partial charge in [0.15, 0.2) is 23.0 Å². The van der Waals surface area contributed by atoms with Crippen LogP contribution in [-0.4, -0.2) is 74.1 Å². The molecule has 1 amide bonds. The van der Waals surface area contributed by atoms with Crippen molar-refractivity contribution in [2.75, 3.05) is 14.1 Å². The average molecular weight is 536 g/mol. The number of carbonyl (C=O) groups excluding carboxylic acids is 3. The molecule has 3 aliphatic rings. The third-order valence-corrected chi connectivity index (χ3v) is 7.65. The van der Waals surface area contributed by atoms with Gasteiger partial charge >= 0.3 is 0 Å². The minimum absolute atomic E-state index is 0.196. The number of rotatable bonds is 4. The van der Waals surface area contributed by atoms with Gasteiger partial charge in [0, 0.05) is 34.7 Å². The maximum Gasteiger partial charge on any atom is 0.255 e. The summed E-state index contributed by atoms with van der Waals surface area (Å²) in [4.78, 5) is 40.2. The number of phenols is 1. The molecule has 206 valence electrons. The number of aliphatic hydroxyl groups excluding tert-OH is 2. The van der Waals surface area contributed by atoms with Gasteiger partial charge in [-0.05, 0) is 53.6 Å². The van der Waals surface area contributed by atoms with E-state index < -0.39 is 97.7 Å². The fourth-order valence-corrected chi connectivity index (χ4v) is 5.87. The number of aliphatic hydroxyl groups is 3. The first-order valence-corrected chi connectivity index (χ1v) is 12.1. The van der Waals surface area contributed by atoms with Crippen LogP contribution >= 0.6 is 0 Å². The number of Topliss-reactive ketones (excluding diaryl/α,β-unsaturated/α-hetero) is 2. The molecule has 0 aromatic heterocycles. The van der Waals surface area contributed by atoms with Crippen LogP contribution in [0.2, 0.25) is 0 Å². The molecule has 0 heterocycles. The number of primary amides is 1. The molecule has 0 aliphatic heterocycles. The van der Waals surface area contributed by atoms with Crippen molar-refractivity contribution in [1.82, 2.24) is 10.2 Å². The number of phenolic OH excluding ortho intramolecular Hbond substituents is 1. The van der Waals surface area contributed by atoms with Crippen LogP contribution in [0.1, 0.15) is 43.9 Å². The molecule has 1 saturated carbocycles. The van der Waals surface area contributed by atoms with Gasteiger partial charge < -0.3 is 31.5 Å². The molecule has 0 bridgehead atoms. The lowest BCUT2D eigenvalue weighted by atomic mass is 9.57. The summed E-state index contributed by atoms with van der Waals surface area (Å²) in [5, 5.41) is 47.0. The van der Waals surface area contributed by atoms with Gasteiger partial charge in [-0.3, -0.25) is 19.3 Å². The van der Waals surface area contributed by atoms with E-state index in [9.17, 15) is 34.8 Å². The predicted octanol–water partition coefficient (Wildman–Crippen LogP) is 1.13. The molecular weight excluding hydrogens is 504 g/mol. The van der Waals surface area contributed by atoms with Crippen molar-refractivity contribution < 1.29 is 43.6 Å². The van der Waals surface area contributed by atoms with Gasteiger partial charge in [-0.1, -0.05) is 0 Å². The lowest BCUT2D eigenvalue weighted by molar-refractivity contribution is -0.153. The van der Waals surface area contributed by atoms with Crippen molar-refractivity contribution in [2.45, 2.75) is 57.3 Å². The first kappa shape index (κ1) is 27.7. The summed E-state index contributed by atoms with van der Waals surface area (Å²) < 4.78 is 30.8.